The SMILES string of the molecule is CCNC(c1ccc([N+](=O)[O-])o1)c1csc2ccccc12. The molecule has 2 aromatic heterocycles. The third kappa shape index (κ3) is 2.55. The minimum absolute atomic E-state index is 0.181. The van der Waals surface area contributed by atoms with E-state index in [1.807, 2.05) is 19.1 Å². The van der Waals surface area contributed by atoms with Crippen molar-refractivity contribution in [3.05, 3.63) is 63.2 Å². The number of nitrogens with zero attached hydrogens (tertiary/aromatic N) is 1. The predicted molar refractivity (Wildman–Crippen MR) is 82.7 cm³/mol. The highest BCUT2D eigenvalue weighted by atomic mass is 32.1. The van der Waals surface area contributed by atoms with Gasteiger partial charge in [0.1, 0.15) is 10.7 Å². The molecule has 108 valence electrons. The monoisotopic (exact) mass is 302 g/mol. The summed E-state index contributed by atoms with van der Waals surface area (Å²) in [5.74, 6) is 0.333. The van der Waals surface area contributed by atoms with Crippen LogP contribution in [0.2, 0.25) is 0 Å². The van der Waals surface area contributed by atoms with E-state index in [9.17, 15) is 10.1 Å². The smallest absolute Gasteiger partial charge is 0.404 e. The minimum Gasteiger partial charge on any atom is -0.404 e. The van der Waals surface area contributed by atoms with E-state index in [1.54, 1.807) is 17.4 Å². The molecule has 2 heterocycles. The van der Waals surface area contributed by atoms with Crippen molar-refractivity contribution in [2.24, 2.45) is 0 Å². The number of furan rings is 1. The number of nitro groups is 1. The van der Waals surface area contributed by atoms with Gasteiger partial charge in [-0.3, -0.25) is 10.1 Å². The third-order valence-electron chi connectivity index (χ3n) is 3.31. The number of thiophene rings is 1. The lowest BCUT2D eigenvalue weighted by molar-refractivity contribution is -0.402. The van der Waals surface area contributed by atoms with Crippen LogP contribution in [0.4, 0.5) is 5.88 Å². The van der Waals surface area contributed by atoms with Gasteiger partial charge in [0.2, 0.25) is 0 Å². The molecule has 0 fully saturated rings. The molecule has 0 radical (unpaired) electrons. The molecule has 0 saturated heterocycles. The first-order chi connectivity index (χ1) is 10.2. The Morgan fingerprint density at radius 2 is 2.14 bits per heavy atom. The van der Waals surface area contributed by atoms with Crippen molar-refractivity contribution in [3.63, 3.8) is 0 Å². The number of benzene rings is 1. The van der Waals surface area contributed by atoms with Crippen LogP contribution < -0.4 is 5.32 Å². The standard InChI is InChI=1S/C15H14N2O3S/c1-2-16-15(12-7-8-14(20-12)17(18)19)11-9-21-13-6-4-3-5-10(11)13/h3-9,15-16H,2H2,1H3. The highest BCUT2D eigenvalue weighted by molar-refractivity contribution is 7.17. The molecule has 6 heteroatoms. The number of rotatable bonds is 5. The molecule has 0 amide bonds. The first-order valence-corrected chi connectivity index (χ1v) is 7.52. The van der Waals surface area contributed by atoms with Crippen molar-refractivity contribution in [2.75, 3.05) is 6.54 Å². The Hall–Kier alpha value is -2.18. The quantitative estimate of drug-likeness (QED) is 0.569. The van der Waals surface area contributed by atoms with E-state index >= 15 is 0 Å². The van der Waals surface area contributed by atoms with Crippen LogP contribution in [0.1, 0.15) is 24.3 Å². The van der Waals surface area contributed by atoms with Crippen molar-refractivity contribution >= 4 is 27.3 Å². The maximum absolute atomic E-state index is 10.8. The number of nitrogens with one attached hydrogen (secondary N) is 1. The van der Waals surface area contributed by atoms with Gasteiger partial charge in [-0.15, -0.1) is 11.3 Å². The predicted octanol–water partition coefficient (Wildman–Crippen LogP) is 4.10. The van der Waals surface area contributed by atoms with Gasteiger partial charge in [0.15, 0.2) is 0 Å². The summed E-state index contributed by atoms with van der Waals surface area (Å²) in [4.78, 5) is 10.3. The van der Waals surface area contributed by atoms with Gasteiger partial charge in [-0.05, 0) is 35.0 Å². The Bertz CT molecular complexity index is 778. The fourth-order valence-corrected chi connectivity index (χ4v) is 3.37. The Morgan fingerprint density at radius 3 is 2.86 bits per heavy atom. The molecule has 1 unspecified atom stereocenters. The van der Waals surface area contributed by atoms with Crippen LogP contribution in [0.15, 0.2) is 46.2 Å². The minimum atomic E-state index is -0.516. The van der Waals surface area contributed by atoms with Crippen molar-refractivity contribution in [1.29, 1.82) is 0 Å². The molecule has 0 spiro atoms. The van der Waals surface area contributed by atoms with Crippen LogP contribution in [0.5, 0.6) is 0 Å². The highest BCUT2D eigenvalue weighted by Crippen LogP contribution is 2.35. The van der Waals surface area contributed by atoms with Crippen molar-refractivity contribution in [2.45, 2.75) is 13.0 Å². The van der Waals surface area contributed by atoms with E-state index in [1.165, 1.54) is 10.8 Å². The number of hydrogen-bond acceptors (Lipinski definition) is 5. The van der Waals surface area contributed by atoms with Gasteiger partial charge in [-0.2, -0.15) is 0 Å². The molecular formula is C15H14N2O3S. The zero-order valence-electron chi connectivity index (χ0n) is 11.4. The van der Waals surface area contributed by atoms with Crippen molar-refractivity contribution in [3.8, 4) is 0 Å². The Balaban J connectivity index is 2.06. The van der Waals surface area contributed by atoms with E-state index in [0.717, 1.165) is 17.5 Å². The molecule has 3 rings (SSSR count). The number of hydrogen-bond donors (Lipinski definition) is 1. The number of fused-ring (bicyclic) bond motifs is 1. The van der Waals surface area contributed by atoms with Crippen LogP contribution in [0, 0.1) is 10.1 Å². The molecule has 0 aliphatic heterocycles. The first-order valence-electron chi connectivity index (χ1n) is 6.64. The lowest BCUT2D eigenvalue weighted by atomic mass is 10.0. The van der Waals surface area contributed by atoms with Crippen LogP contribution in [0.25, 0.3) is 10.1 Å². The van der Waals surface area contributed by atoms with Crippen molar-refractivity contribution < 1.29 is 9.34 Å². The Morgan fingerprint density at radius 1 is 1.33 bits per heavy atom. The Kier molecular flexibility index (Phi) is 3.72. The molecule has 1 atom stereocenters. The highest BCUT2D eigenvalue weighted by Gasteiger charge is 2.23. The molecule has 1 N–H and O–H groups in total. The second-order valence-corrected chi connectivity index (χ2v) is 5.52. The summed E-state index contributed by atoms with van der Waals surface area (Å²) in [6.45, 7) is 2.74. The zero-order chi connectivity index (χ0) is 14.8. The summed E-state index contributed by atoms with van der Waals surface area (Å²) in [6, 6.07) is 11.0. The second kappa shape index (κ2) is 5.67. The summed E-state index contributed by atoms with van der Waals surface area (Å²) in [5.41, 5.74) is 1.08. The average Bonchev–Trinajstić information content (AvgIpc) is 3.12. The molecule has 3 aromatic rings. The second-order valence-electron chi connectivity index (χ2n) is 4.61. The van der Waals surface area contributed by atoms with Crippen LogP contribution >= 0.6 is 11.3 Å². The Labute approximate surface area is 125 Å². The first kappa shape index (κ1) is 13.8. The van der Waals surface area contributed by atoms with E-state index in [2.05, 4.69) is 22.8 Å². The summed E-state index contributed by atoms with van der Waals surface area (Å²) in [7, 11) is 0. The van der Waals surface area contributed by atoms with Gasteiger partial charge in [0.25, 0.3) is 0 Å². The normalized spacial score (nSPS) is 12.6. The van der Waals surface area contributed by atoms with E-state index in [-0.39, 0.29) is 11.9 Å². The molecule has 1 aromatic carbocycles. The lowest BCUT2D eigenvalue weighted by Gasteiger charge is -2.14. The maximum atomic E-state index is 10.8. The molecule has 21 heavy (non-hydrogen) atoms. The van der Waals surface area contributed by atoms with Gasteiger partial charge in [0, 0.05) is 4.70 Å². The van der Waals surface area contributed by atoms with Gasteiger partial charge < -0.3 is 9.73 Å². The van der Waals surface area contributed by atoms with Gasteiger partial charge in [-0.1, -0.05) is 25.1 Å². The molecular weight excluding hydrogens is 288 g/mol. The molecule has 0 bridgehead atoms. The lowest BCUT2D eigenvalue weighted by Crippen LogP contribution is -2.21. The third-order valence-corrected chi connectivity index (χ3v) is 4.29. The summed E-state index contributed by atoms with van der Waals surface area (Å²) >= 11 is 1.66. The summed E-state index contributed by atoms with van der Waals surface area (Å²) in [6.07, 6.45) is 0. The summed E-state index contributed by atoms with van der Waals surface area (Å²) in [5, 5.41) is 17.3. The zero-order valence-corrected chi connectivity index (χ0v) is 12.2. The fourth-order valence-electron chi connectivity index (χ4n) is 2.39. The van der Waals surface area contributed by atoms with Crippen LogP contribution in [0.3, 0.4) is 0 Å². The van der Waals surface area contributed by atoms with Gasteiger partial charge in [0.05, 0.1) is 12.1 Å². The van der Waals surface area contributed by atoms with E-state index in [4.69, 9.17) is 4.42 Å². The van der Waals surface area contributed by atoms with E-state index in [0.29, 0.717) is 5.76 Å². The molecule has 0 aliphatic rings. The molecule has 5 nitrogen and oxygen atoms in total. The molecule has 0 aliphatic carbocycles. The van der Waals surface area contributed by atoms with Crippen molar-refractivity contribution in [1.82, 2.24) is 5.32 Å². The van der Waals surface area contributed by atoms with Crippen LogP contribution in [-0.4, -0.2) is 11.5 Å². The topological polar surface area (TPSA) is 68.3 Å². The van der Waals surface area contributed by atoms with Gasteiger partial charge in [-0.25, -0.2) is 0 Å². The van der Waals surface area contributed by atoms with Gasteiger partial charge >= 0.3 is 5.88 Å². The maximum Gasteiger partial charge on any atom is 0.433 e. The molecule has 0 saturated carbocycles. The fraction of sp³-hybridized carbons (Fsp3) is 0.200. The summed E-state index contributed by atoms with van der Waals surface area (Å²) < 4.78 is 6.57. The van der Waals surface area contributed by atoms with E-state index < -0.39 is 4.92 Å². The largest absolute Gasteiger partial charge is 0.433 e. The average molecular weight is 302 g/mol. The van der Waals surface area contributed by atoms with Crippen LogP contribution in [-0.2, 0) is 0 Å².